The lowest BCUT2D eigenvalue weighted by Gasteiger charge is -2.20. The molecule has 0 aromatic heterocycles. The molecule has 1 atom stereocenters. The molecule has 170 valence electrons. The summed E-state index contributed by atoms with van der Waals surface area (Å²) >= 11 is 3.41. The number of methoxy groups -OCH3 is 2. The summed E-state index contributed by atoms with van der Waals surface area (Å²) < 4.78 is 21.9. The molecular formula is C22H24BrN3O6. The molecule has 0 saturated heterocycles. The first-order chi connectivity index (χ1) is 15.3. The van der Waals surface area contributed by atoms with Crippen LogP contribution in [0.25, 0.3) is 0 Å². The van der Waals surface area contributed by atoms with Gasteiger partial charge in [0.2, 0.25) is 6.79 Å². The summed E-state index contributed by atoms with van der Waals surface area (Å²) in [7, 11) is 3.08. The SMILES string of the molecule is COc1cc(OC)c(/C=N/NC(=O)C(NC(=O)c2ccc3c(c2)OCO3)C(C)C)cc1Br. The van der Waals surface area contributed by atoms with E-state index >= 15 is 0 Å². The van der Waals surface area contributed by atoms with E-state index in [0.717, 1.165) is 0 Å². The van der Waals surface area contributed by atoms with Crippen LogP contribution < -0.4 is 29.7 Å². The van der Waals surface area contributed by atoms with E-state index in [2.05, 4.69) is 31.8 Å². The highest BCUT2D eigenvalue weighted by Gasteiger charge is 2.25. The van der Waals surface area contributed by atoms with E-state index in [1.54, 1.807) is 37.4 Å². The fourth-order valence-corrected chi connectivity index (χ4v) is 3.54. The molecule has 1 unspecified atom stereocenters. The average molecular weight is 506 g/mol. The molecule has 0 fully saturated rings. The van der Waals surface area contributed by atoms with Gasteiger partial charge in [-0.3, -0.25) is 9.59 Å². The van der Waals surface area contributed by atoms with Crippen LogP contribution in [0.2, 0.25) is 0 Å². The molecule has 2 aromatic carbocycles. The lowest BCUT2D eigenvalue weighted by atomic mass is 10.0. The molecule has 2 amide bonds. The largest absolute Gasteiger partial charge is 0.496 e. The third kappa shape index (κ3) is 5.31. The van der Waals surface area contributed by atoms with E-state index in [1.807, 2.05) is 13.8 Å². The van der Waals surface area contributed by atoms with Crippen LogP contribution in [0.4, 0.5) is 0 Å². The van der Waals surface area contributed by atoms with Crippen molar-refractivity contribution in [1.29, 1.82) is 0 Å². The molecule has 2 aromatic rings. The zero-order valence-corrected chi connectivity index (χ0v) is 19.7. The smallest absolute Gasteiger partial charge is 0.262 e. The summed E-state index contributed by atoms with van der Waals surface area (Å²) in [6.07, 6.45) is 1.46. The van der Waals surface area contributed by atoms with Crippen molar-refractivity contribution < 1.29 is 28.5 Å². The number of hydrogen-bond donors (Lipinski definition) is 2. The summed E-state index contributed by atoms with van der Waals surface area (Å²) in [6, 6.07) is 7.52. The minimum atomic E-state index is -0.797. The van der Waals surface area contributed by atoms with Crippen LogP contribution >= 0.6 is 15.9 Å². The van der Waals surface area contributed by atoms with Crippen LogP contribution in [0.5, 0.6) is 23.0 Å². The van der Waals surface area contributed by atoms with Gasteiger partial charge in [-0.1, -0.05) is 13.8 Å². The Bertz CT molecular complexity index is 1040. The number of rotatable bonds is 8. The second-order valence-electron chi connectivity index (χ2n) is 7.23. The molecule has 1 heterocycles. The first kappa shape index (κ1) is 23.4. The minimum Gasteiger partial charge on any atom is -0.496 e. The number of hydrogen-bond acceptors (Lipinski definition) is 7. The van der Waals surface area contributed by atoms with Crippen molar-refractivity contribution >= 4 is 34.0 Å². The number of carbonyl (C=O) groups is 2. The van der Waals surface area contributed by atoms with E-state index in [4.69, 9.17) is 18.9 Å². The van der Waals surface area contributed by atoms with Gasteiger partial charge in [-0.2, -0.15) is 5.10 Å². The third-order valence-corrected chi connectivity index (χ3v) is 5.37. The van der Waals surface area contributed by atoms with Gasteiger partial charge in [0.25, 0.3) is 11.8 Å². The number of ether oxygens (including phenoxy) is 4. The maximum atomic E-state index is 12.7. The Morgan fingerprint density at radius 1 is 1.09 bits per heavy atom. The van der Waals surface area contributed by atoms with Crippen molar-refractivity contribution in [2.24, 2.45) is 11.0 Å². The maximum Gasteiger partial charge on any atom is 0.262 e. The van der Waals surface area contributed by atoms with Crippen LogP contribution in [0.1, 0.15) is 29.8 Å². The monoisotopic (exact) mass is 505 g/mol. The normalized spacial score (nSPS) is 13.2. The molecule has 0 bridgehead atoms. The van der Waals surface area contributed by atoms with E-state index < -0.39 is 17.9 Å². The summed E-state index contributed by atoms with van der Waals surface area (Å²) in [6.45, 7) is 3.78. The highest BCUT2D eigenvalue weighted by atomic mass is 79.9. The number of nitrogens with one attached hydrogen (secondary N) is 2. The highest BCUT2D eigenvalue weighted by Crippen LogP contribution is 2.33. The van der Waals surface area contributed by atoms with Crippen molar-refractivity contribution in [2.75, 3.05) is 21.0 Å². The van der Waals surface area contributed by atoms with Crippen molar-refractivity contribution in [1.82, 2.24) is 10.7 Å². The molecule has 10 heteroatoms. The molecule has 0 radical (unpaired) electrons. The Hall–Kier alpha value is -3.27. The van der Waals surface area contributed by atoms with E-state index in [1.165, 1.54) is 13.3 Å². The van der Waals surface area contributed by atoms with Crippen LogP contribution in [-0.2, 0) is 4.79 Å². The predicted molar refractivity (Wildman–Crippen MR) is 122 cm³/mol. The van der Waals surface area contributed by atoms with E-state index in [9.17, 15) is 9.59 Å². The molecule has 3 rings (SSSR count). The van der Waals surface area contributed by atoms with Crippen molar-refractivity contribution in [3.05, 3.63) is 45.9 Å². The first-order valence-corrected chi connectivity index (χ1v) is 10.6. The Kier molecular flexibility index (Phi) is 7.57. The molecule has 1 aliphatic heterocycles. The predicted octanol–water partition coefficient (Wildman–Crippen LogP) is 3.10. The number of carbonyl (C=O) groups excluding carboxylic acids is 2. The summed E-state index contributed by atoms with van der Waals surface area (Å²) in [5.74, 6) is 1.18. The van der Waals surface area contributed by atoms with Gasteiger partial charge in [0.1, 0.15) is 17.5 Å². The lowest BCUT2D eigenvalue weighted by Crippen LogP contribution is -2.48. The fraction of sp³-hybridized carbons (Fsp3) is 0.318. The second-order valence-corrected chi connectivity index (χ2v) is 8.08. The zero-order valence-electron chi connectivity index (χ0n) is 18.1. The van der Waals surface area contributed by atoms with Crippen LogP contribution in [0.15, 0.2) is 39.9 Å². The van der Waals surface area contributed by atoms with Gasteiger partial charge in [-0.25, -0.2) is 5.43 Å². The third-order valence-electron chi connectivity index (χ3n) is 4.75. The van der Waals surface area contributed by atoms with Gasteiger partial charge in [0, 0.05) is 17.2 Å². The molecule has 2 N–H and O–H groups in total. The lowest BCUT2D eigenvalue weighted by molar-refractivity contribution is -0.123. The average Bonchev–Trinajstić information content (AvgIpc) is 3.25. The number of nitrogens with zero attached hydrogens (tertiary/aromatic N) is 1. The van der Waals surface area contributed by atoms with Crippen molar-refractivity contribution in [3.8, 4) is 23.0 Å². The molecule has 1 aliphatic rings. The van der Waals surface area contributed by atoms with E-state index in [0.29, 0.717) is 38.6 Å². The zero-order chi connectivity index (χ0) is 23.3. The molecule has 32 heavy (non-hydrogen) atoms. The highest BCUT2D eigenvalue weighted by molar-refractivity contribution is 9.10. The molecule has 0 aliphatic carbocycles. The standard InChI is InChI=1S/C22H24BrN3O6/c1-12(2)20(25-21(27)13-5-6-16-19(8-13)32-11-31-16)22(28)26-24-10-14-7-15(23)18(30-4)9-17(14)29-3/h5-10,12,20H,11H2,1-4H3,(H,25,27)(H,26,28)/b24-10+. The van der Waals surface area contributed by atoms with E-state index in [-0.39, 0.29) is 12.7 Å². The Labute approximate surface area is 194 Å². The van der Waals surface area contributed by atoms with Gasteiger partial charge in [0.15, 0.2) is 11.5 Å². The van der Waals surface area contributed by atoms with Crippen LogP contribution in [-0.4, -0.2) is 45.1 Å². The summed E-state index contributed by atoms with van der Waals surface area (Å²) in [4.78, 5) is 25.4. The van der Waals surface area contributed by atoms with Crippen molar-refractivity contribution in [3.63, 3.8) is 0 Å². The quantitative estimate of drug-likeness (QED) is 0.421. The van der Waals surface area contributed by atoms with Gasteiger partial charge in [0.05, 0.1) is 24.9 Å². The van der Waals surface area contributed by atoms with Gasteiger partial charge in [-0.15, -0.1) is 0 Å². The number of benzene rings is 2. The van der Waals surface area contributed by atoms with Crippen LogP contribution in [0.3, 0.4) is 0 Å². The number of fused-ring (bicyclic) bond motifs is 1. The van der Waals surface area contributed by atoms with Gasteiger partial charge >= 0.3 is 0 Å². The number of amides is 2. The first-order valence-electron chi connectivity index (χ1n) is 9.79. The molecule has 9 nitrogen and oxygen atoms in total. The minimum absolute atomic E-state index is 0.116. The number of halogens is 1. The van der Waals surface area contributed by atoms with Gasteiger partial charge in [-0.05, 0) is 46.1 Å². The van der Waals surface area contributed by atoms with Crippen LogP contribution in [0, 0.1) is 5.92 Å². The maximum absolute atomic E-state index is 12.7. The Morgan fingerprint density at radius 3 is 2.50 bits per heavy atom. The summed E-state index contributed by atoms with van der Waals surface area (Å²) in [5.41, 5.74) is 3.47. The van der Waals surface area contributed by atoms with Gasteiger partial charge < -0.3 is 24.3 Å². The molecule has 0 spiro atoms. The fourth-order valence-electron chi connectivity index (χ4n) is 3.02. The second kappa shape index (κ2) is 10.4. The molecule has 0 saturated carbocycles. The summed E-state index contributed by atoms with van der Waals surface area (Å²) in [5, 5.41) is 6.77. The Morgan fingerprint density at radius 2 is 1.81 bits per heavy atom. The molecular weight excluding hydrogens is 482 g/mol. The number of hydrazone groups is 1. The topological polar surface area (TPSA) is 107 Å². The van der Waals surface area contributed by atoms with Crippen molar-refractivity contribution in [2.45, 2.75) is 19.9 Å². The Balaban J connectivity index is 1.68.